The fourth-order valence-electron chi connectivity index (χ4n) is 1.16. The molecule has 70 valence electrons. The highest BCUT2D eigenvalue weighted by molar-refractivity contribution is 9.09. The third-order valence-corrected chi connectivity index (χ3v) is 2.28. The van der Waals surface area contributed by atoms with Gasteiger partial charge in [0.1, 0.15) is 0 Å². The highest BCUT2D eigenvalue weighted by Crippen LogP contribution is 2.14. The number of aryl methyl sites for hydroxylation is 1. The lowest BCUT2D eigenvalue weighted by molar-refractivity contribution is 0.0989. The summed E-state index contributed by atoms with van der Waals surface area (Å²) in [6.45, 7) is 1.92. The molecule has 0 aromatic heterocycles. The Morgan fingerprint density at radius 3 is 2.85 bits per heavy atom. The Bertz CT molecular complexity index is 323. The maximum atomic E-state index is 11.5. The molecule has 1 aromatic rings. The molecule has 1 rings (SSSR count). The normalized spacial score (nSPS) is 10.0. The van der Waals surface area contributed by atoms with Crippen LogP contribution in [0.4, 0.5) is 5.69 Å². The Hall–Kier alpha value is -0.830. The van der Waals surface area contributed by atoms with E-state index in [4.69, 9.17) is 5.73 Å². The maximum Gasteiger partial charge on any atom is 0.164 e. The number of halogens is 1. The molecule has 0 heterocycles. The molecule has 0 radical (unpaired) electrons. The monoisotopic (exact) mass is 241 g/mol. The molecular weight excluding hydrogens is 230 g/mol. The number of hydrogen-bond acceptors (Lipinski definition) is 2. The molecule has 0 aliphatic rings. The van der Waals surface area contributed by atoms with Crippen molar-refractivity contribution >= 4 is 27.4 Å². The van der Waals surface area contributed by atoms with Crippen molar-refractivity contribution in [3.8, 4) is 0 Å². The molecule has 2 N–H and O–H groups in total. The number of Topliss-reactive ketones (excluding diaryl/α,β-unsaturated/α-hetero) is 1. The second-order valence-electron chi connectivity index (χ2n) is 2.94. The van der Waals surface area contributed by atoms with E-state index in [1.807, 2.05) is 13.0 Å². The van der Waals surface area contributed by atoms with Crippen LogP contribution >= 0.6 is 15.9 Å². The van der Waals surface area contributed by atoms with Crippen LogP contribution in [0.1, 0.15) is 22.3 Å². The van der Waals surface area contributed by atoms with E-state index in [0.717, 1.165) is 11.1 Å². The van der Waals surface area contributed by atoms with E-state index in [1.165, 1.54) is 0 Å². The van der Waals surface area contributed by atoms with Crippen molar-refractivity contribution in [2.24, 2.45) is 0 Å². The molecule has 3 heteroatoms. The number of benzene rings is 1. The molecule has 0 aliphatic heterocycles. The van der Waals surface area contributed by atoms with E-state index in [0.29, 0.717) is 17.4 Å². The summed E-state index contributed by atoms with van der Waals surface area (Å²) in [7, 11) is 0. The van der Waals surface area contributed by atoms with Gasteiger partial charge in [-0.1, -0.05) is 22.0 Å². The number of carbonyl (C=O) groups is 1. The second kappa shape index (κ2) is 4.42. The number of alkyl halides is 1. The van der Waals surface area contributed by atoms with Gasteiger partial charge in [-0.15, -0.1) is 0 Å². The Balaban J connectivity index is 2.99. The standard InChI is InChI=1S/C10H12BrNO/c1-7-2-3-8(12)6-9(7)10(13)4-5-11/h2-3,6H,4-5,12H2,1H3. The number of nitrogens with two attached hydrogens (primary N) is 1. The highest BCUT2D eigenvalue weighted by atomic mass is 79.9. The lowest BCUT2D eigenvalue weighted by Gasteiger charge is -2.04. The Morgan fingerprint density at radius 2 is 2.23 bits per heavy atom. The summed E-state index contributed by atoms with van der Waals surface area (Å²) in [6, 6.07) is 5.41. The van der Waals surface area contributed by atoms with Crippen molar-refractivity contribution in [2.75, 3.05) is 11.1 Å². The average molecular weight is 242 g/mol. The molecule has 0 fully saturated rings. The van der Waals surface area contributed by atoms with Crippen molar-refractivity contribution in [2.45, 2.75) is 13.3 Å². The van der Waals surface area contributed by atoms with Gasteiger partial charge >= 0.3 is 0 Å². The van der Waals surface area contributed by atoms with Gasteiger partial charge in [-0.2, -0.15) is 0 Å². The Kier molecular flexibility index (Phi) is 3.48. The van der Waals surface area contributed by atoms with Crippen LogP contribution < -0.4 is 5.73 Å². The van der Waals surface area contributed by atoms with Crippen molar-refractivity contribution in [3.63, 3.8) is 0 Å². The summed E-state index contributed by atoms with van der Waals surface area (Å²) < 4.78 is 0. The number of ketones is 1. The third kappa shape index (κ3) is 2.56. The lowest BCUT2D eigenvalue weighted by atomic mass is 10.0. The second-order valence-corrected chi connectivity index (χ2v) is 3.73. The summed E-state index contributed by atoms with van der Waals surface area (Å²) in [5.74, 6) is 0.140. The first-order valence-electron chi connectivity index (χ1n) is 4.10. The molecule has 0 aliphatic carbocycles. The number of hydrogen-bond donors (Lipinski definition) is 1. The predicted octanol–water partition coefficient (Wildman–Crippen LogP) is 2.54. The van der Waals surface area contributed by atoms with Crippen LogP contribution in [0, 0.1) is 6.92 Å². The van der Waals surface area contributed by atoms with Gasteiger partial charge < -0.3 is 5.73 Å². The largest absolute Gasteiger partial charge is 0.399 e. The van der Waals surface area contributed by atoms with Crippen LogP contribution in [0.15, 0.2) is 18.2 Å². The molecule has 0 atom stereocenters. The van der Waals surface area contributed by atoms with E-state index in [9.17, 15) is 4.79 Å². The molecule has 2 nitrogen and oxygen atoms in total. The highest BCUT2D eigenvalue weighted by Gasteiger charge is 2.07. The fourth-order valence-corrected chi connectivity index (χ4v) is 1.52. The first kappa shape index (κ1) is 10.3. The molecular formula is C10H12BrNO. The fraction of sp³-hybridized carbons (Fsp3) is 0.300. The number of anilines is 1. The lowest BCUT2D eigenvalue weighted by Crippen LogP contribution is -2.03. The zero-order valence-corrected chi connectivity index (χ0v) is 9.10. The molecule has 0 spiro atoms. The first-order valence-corrected chi connectivity index (χ1v) is 5.22. The summed E-state index contributed by atoms with van der Waals surface area (Å²) in [4.78, 5) is 11.5. The van der Waals surface area contributed by atoms with E-state index in [2.05, 4.69) is 15.9 Å². The summed E-state index contributed by atoms with van der Waals surface area (Å²) >= 11 is 3.24. The van der Waals surface area contributed by atoms with Gasteiger partial charge in [0.2, 0.25) is 0 Å². The Labute approximate surface area is 86.3 Å². The minimum Gasteiger partial charge on any atom is -0.399 e. The van der Waals surface area contributed by atoms with Crippen LogP contribution in [-0.2, 0) is 0 Å². The molecule has 0 bridgehead atoms. The van der Waals surface area contributed by atoms with E-state index < -0.39 is 0 Å². The first-order chi connectivity index (χ1) is 6.15. The van der Waals surface area contributed by atoms with E-state index in [-0.39, 0.29) is 5.78 Å². The minimum atomic E-state index is 0.140. The van der Waals surface area contributed by atoms with Gasteiger partial charge in [0.15, 0.2) is 5.78 Å². The number of nitrogen functional groups attached to an aromatic ring is 1. The van der Waals surface area contributed by atoms with Crippen LogP contribution in [0.5, 0.6) is 0 Å². The van der Waals surface area contributed by atoms with Gasteiger partial charge in [-0.05, 0) is 24.6 Å². The predicted molar refractivity (Wildman–Crippen MR) is 58.3 cm³/mol. The average Bonchev–Trinajstić information content (AvgIpc) is 2.09. The van der Waals surface area contributed by atoms with Crippen LogP contribution in [0.25, 0.3) is 0 Å². The van der Waals surface area contributed by atoms with E-state index >= 15 is 0 Å². The zero-order chi connectivity index (χ0) is 9.84. The van der Waals surface area contributed by atoms with Gasteiger partial charge in [0, 0.05) is 23.0 Å². The minimum absolute atomic E-state index is 0.140. The van der Waals surface area contributed by atoms with Gasteiger partial charge in [0.25, 0.3) is 0 Å². The van der Waals surface area contributed by atoms with E-state index in [1.54, 1.807) is 12.1 Å². The van der Waals surface area contributed by atoms with Crippen LogP contribution in [0.2, 0.25) is 0 Å². The number of carbonyl (C=O) groups excluding carboxylic acids is 1. The topological polar surface area (TPSA) is 43.1 Å². The van der Waals surface area contributed by atoms with Crippen molar-refractivity contribution in [1.82, 2.24) is 0 Å². The summed E-state index contributed by atoms with van der Waals surface area (Å²) in [5.41, 5.74) is 7.96. The SMILES string of the molecule is Cc1ccc(N)cc1C(=O)CCBr. The van der Waals surface area contributed by atoms with Crippen molar-refractivity contribution in [3.05, 3.63) is 29.3 Å². The molecule has 13 heavy (non-hydrogen) atoms. The Morgan fingerprint density at radius 1 is 1.54 bits per heavy atom. The quantitative estimate of drug-likeness (QED) is 0.502. The van der Waals surface area contributed by atoms with Gasteiger partial charge in [-0.25, -0.2) is 0 Å². The van der Waals surface area contributed by atoms with Gasteiger partial charge in [-0.3, -0.25) is 4.79 Å². The molecule has 0 saturated heterocycles. The molecule has 0 unspecified atom stereocenters. The molecule has 1 aromatic carbocycles. The molecule has 0 saturated carbocycles. The van der Waals surface area contributed by atoms with Gasteiger partial charge in [0.05, 0.1) is 0 Å². The zero-order valence-electron chi connectivity index (χ0n) is 7.51. The van der Waals surface area contributed by atoms with Crippen molar-refractivity contribution < 1.29 is 4.79 Å². The van der Waals surface area contributed by atoms with Crippen LogP contribution in [-0.4, -0.2) is 11.1 Å². The summed E-state index contributed by atoms with van der Waals surface area (Å²) in [5, 5.41) is 0.695. The smallest absolute Gasteiger partial charge is 0.164 e. The van der Waals surface area contributed by atoms with Crippen molar-refractivity contribution in [1.29, 1.82) is 0 Å². The maximum absolute atomic E-state index is 11.5. The summed E-state index contributed by atoms with van der Waals surface area (Å²) in [6.07, 6.45) is 0.518. The molecule has 0 amide bonds. The third-order valence-electron chi connectivity index (χ3n) is 1.88. The number of rotatable bonds is 3. The van der Waals surface area contributed by atoms with Crippen LogP contribution in [0.3, 0.4) is 0 Å².